The monoisotopic (exact) mass is 328 g/mol. The average molecular weight is 328 g/mol. The molecule has 2 amide bonds. The Bertz CT molecular complexity index is 673. The predicted molar refractivity (Wildman–Crippen MR) is 85.7 cm³/mol. The van der Waals surface area contributed by atoms with Crippen molar-refractivity contribution in [3.63, 3.8) is 0 Å². The number of nitrogens with zero attached hydrogens (tertiary/aromatic N) is 4. The van der Waals surface area contributed by atoms with Gasteiger partial charge in [-0.2, -0.15) is 5.21 Å². The van der Waals surface area contributed by atoms with Crippen molar-refractivity contribution in [1.82, 2.24) is 30.8 Å². The highest BCUT2D eigenvalue weighted by Crippen LogP contribution is 2.18. The summed E-state index contributed by atoms with van der Waals surface area (Å²) >= 11 is 0. The third-order valence-corrected chi connectivity index (χ3v) is 4.06. The number of rotatable bonds is 5. The molecule has 1 atom stereocenters. The van der Waals surface area contributed by atoms with Crippen LogP contribution in [-0.2, 0) is 9.59 Å². The van der Waals surface area contributed by atoms with E-state index in [-0.39, 0.29) is 18.4 Å². The van der Waals surface area contributed by atoms with Crippen LogP contribution in [-0.4, -0.2) is 50.4 Å². The Morgan fingerprint density at radius 2 is 2.08 bits per heavy atom. The Morgan fingerprint density at radius 1 is 1.25 bits per heavy atom. The van der Waals surface area contributed by atoms with Crippen molar-refractivity contribution in [3.8, 4) is 0 Å². The molecule has 1 unspecified atom stereocenters. The van der Waals surface area contributed by atoms with Crippen LogP contribution in [0.4, 0.5) is 0 Å². The lowest BCUT2D eigenvalue weighted by molar-refractivity contribution is -0.135. The van der Waals surface area contributed by atoms with Crippen LogP contribution < -0.4 is 5.32 Å². The number of likely N-dealkylation sites (tertiary alicyclic amines) is 1. The maximum Gasteiger partial charge on any atom is 0.240 e. The van der Waals surface area contributed by atoms with Gasteiger partial charge in [0, 0.05) is 13.0 Å². The van der Waals surface area contributed by atoms with Crippen LogP contribution in [0.2, 0.25) is 0 Å². The molecule has 0 saturated carbocycles. The maximum atomic E-state index is 12.5. The van der Waals surface area contributed by atoms with Gasteiger partial charge in [-0.3, -0.25) is 9.59 Å². The van der Waals surface area contributed by atoms with Crippen LogP contribution in [0.25, 0.3) is 0 Å². The summed E-state index contributed by atoms with van der Waals surface area (Å²) in [5.41, 5.74) is 0.856. The number of benzene rings is 1. The van der Waals surface area contributed by atoms with Gasteiger partial charge in [0.25, 0.3) is 0 Å². The molecule has 2 heterocycles. The number of nitrogens with one attached hydrogen (secondary N) is 2. The smallest absolute Gasteiger partial charge is 0.240 e. The van der Waals surface area contributed by atoms with E-state index in [0.717, 1.165) is 24.8 Å². The minimum Gasteiger partial charge on any atom is -0.340 e. The van der Waals surface area contributed by atoms with Gasteiger partial charge in [-0.1, -0.05) is 42.0 Å². The fraction of sp³-hybridized carbons (Fsp3) is 0.438. The first-order chi connectivity index (χ1) is 11.7. The quantitative estimate of drug-likeness (QED) is 0.845. The number of aromatic amines is 1. The zero-order valence-corrected chi connectivity index (χ0v) is 13.3. The topological polar surface area (TPSA) is 104 Å². The van der Waals surface area contributed by atoms with Gasteiger partial charge in [-0.05, 0) is 18.4 Å². The summed E-state index contributed by atoms with van der Waals surface area (Å²) in [6.07, 6.45) is 3.37. The Hall–Kier alpha value is -2.77. The molecule has 0 spiro atoms. The van der Waals surface area contributed by atoms with Crippen LogP contribution in [0.15, 0.2) is 30.3 Å². The van der Waals surface area contributed by atoms with E-state index in [9.17, 15) is 9.59 Å². The predicted octanol–water partition coefficient (Wildman–Crippen LogP) is 0.808. The third-order valence-electron chi connectivity index (χ3n) is 4.06. The molecule has 1 aromatic carbocycles. The summed E-state index contributed by atoms with van der Waals surface area (Å²) in [6, 6.07) is 8.94. The van der Waals surface area contributed by atoms with E-state index in [0.29, 0.717) is 18.8 Å². The fourth-order valence-electron chi connectivity index (χ4n) is 2.82. The molecule has 0 bridgehead atoms. The third kappa shape index (κ3) is 3.95. The average Bonchev–Trinajstić information content (AvgIpc) is 3.06. The van der Waals surface area contributed by atoms with Gasteiger partial charge in [0.05, 0.1) is 6.54 Å². The van der Waals surface area contributed by atoms with Gasteiger partial charge in [0.1, 0.15) is 6.04 Å². The molecule has 8 heteroatoms. The number of amides is 2. The maximum absolute atomic E-state index is 12.5. The van der Waals surface area contributed by atoms with E-state index >= 15 is 0 Å². The summed E-state index contributed by atoms with van der Waals surface area (Å²) in [5, 5.41) is 16.8. The second-order valence-electron chi connectivity index (χ2n) is 5.81. The van der Waals surface area contributed by atoms with Crippen molar-refractivity contribution < 1.29 is 9.59 Å². The van der Waals surface area contributed by atoms with Crippen LogP contribution in [0, 0.1) is 0 Å². The molecule has 8 nitrogen and oxygen atoms in total. The standard InChI is InChI=1S/C16H20N6O2/c23-13(11-22-10-6-2-5-9-14(22)24)17-15(16-18-20-21-19-16)12-7-3-1-4-8-12/h1,3-4,7-8,15H,2,5-6,9-11H2,(H,17,23)(H,18,19,20,21). The second kappa shape index (κ2) is 7.67. The zero-order chi connectivity index (χ0) is 16.8. The Labute approximate surface area is 139 Å². The second-order valence-corrected chi connectivity index (χ2v) is 5.81. The lowest BCUT2D eigenvalue weighted by Crippen LogP contribution is -2.42. The number of aromatic nitrogens is 4. The molecule has 2 aromatic rings. The summed E-state index contributed by atoms with van der Waals surface area (Å²) in [5.74, 6) is 0.194. The largest absolute Gasteiger partial charge is 0.340 e. The first kappa shape index (κ1) is 16.1. The van der Waals surface area contributed by atoms with E-state index in [1.807, 2.05) is 30.3 Å². The lowest BCUT2D eigenvalue weighted by atomic mass is 10.1. The van der Waals surface area contributed by atoms with Gasteiger partial charge in [-0.25, -0.2) is 0 Å². The van der Waals surface area contributed by atoms with Crippen molar-refractivity contribution >= 4 is 11.8 Å². The number of hydrogen-bond acceptors (Lipinski definition) is 5. The Balaban J connectivity index is 1.70. The molecule has 126 valence electrons. The number of carbonyl (C=O) groups excluding carboxylic acids is 2. The molecule has 1 aromatic heterocycles. The molecule has 1 aliphatic heterocycles. The van der Waals surface area contributed by atoms with E-state index in [1.54, 1.807) is 4.90 Å². The van der Waals surface area contributed by atoms with E-state index in [2.05, 4.69) is 25.9 Å². The molecule has 24 heavy (non-hydrogen) atoms. The molecule has 2 N–H and O–H groups in total. The van der Waals surface area contributed by atoms with Gasteiger partial charge in [0.15, 0.2) is 0 Å². The van der Waals surface area contributed by atoms with E-state index < -0.39 is 6.04 Å². The first-order valence-corrected chi connectivity index (χ1v) is 8.09. The molecule has 3 rings (SSSR count). The first-order valence-electron chi connectivity index (χ1n) is 8.09. The van der Waals surface area contributed by atoms with Gasteiger partial charge in [0.2, 0.25) is 17.6 Å². The fourth-order valence-corrected chi connectivity index (χ4v) is 2.82. The molecule has 1 saturated heterocycles. The SMILES string of the molecule is O=C(CN1CCCCCC1=O)NC(c1ccccc1)c1nn[nH]n1. The van der Waals surface area contributed by atoms with E-state index in [4.69, 9.17) is 0 Å². The molecular weight excluding hydrogens is 308 g/mol. The lowest BCUT2D eigenvalue weighted by Gasteiger charge is -2.22. The minimum absolute atomic E-state index is 0.0403. The molecule has 0 aliphatic carbocycles. The Kier molecular flexibility index (Phi) is 5.15. The summed E-state index contributed by atoms with van der Waals surface area (Å²) in [6.45, 7) is 0.685. The number of carbonyl (C=O) groups is 2. The van der Waals surface area contributed by atoms with Crippen molar-refractivity contribution in [2.75, 3.05) is 13.1 Å². The molecule has 1 fully saturated rings. The summed E-state index contributed by atoms with van der Waals surface area (Å²) in [7, 11) is 0. The van der Waals surface area contributed by atoms with Crippen LogP contribution in [0.5, 0.6) is 0 Å². The van der Waals surface area contributed by atoms with Crippen molar-refractivity contribution in [2.24, 2.45) is 0 Å². The number of H-pyrrole nitrogens is 1. The van der Waals surface area contributed by atoms with Crippen molar-refractivity contribution in [2.45, 2.75) is 31.7 Å². The summed E-state index contributed by atoms with van der Waals surface area (Å²) in [4.78, 5) is 26.1. The highest BCUT2D eigenvalue weighted by molar-refractivity contribution is 5.85. The van der Waals surface area contributed by atoms with Gasteiger partial charge >= 0.3 is 0 Å². The van der Waals surface area contributed by atoms with Crippen molar-refractivity contribution in [3.05, 3.63) is 41.7 Å². The normalized spacial score (nSPS) is 16.5. The molecule has 1 aliphatic rings. The number of tetrazole rings is 1. The highest BCUT2D eigenvalue weighted by atomic mass is 16.2. The van der Waals surface area contributed by atoms with Crippen molar-refractivity contribution in [1.29, 1.82) is 0 Å². The minimum atomic E-state index is -0.500. The Morgan fingerprint density at radius 3 is 2.83 bits per heavy atom. The zero-order valence-electron chi connectivity index (χ0n) is 13.3. The van der Waals surface area contributed by atoms with Gasteiger partial charge < -0.3 is 10.2 Å². The summed E-state index contributed by atoms with van der Waals surface area (Å²) < 4.78 is 0. The highest BCUT2D eigenvalue weighted by Gasteiger charge is 2.24. The molecule has 0 radical (unpaired) electrons. The van der Waals surface area contributed by atoms with Gasteiger partial charge in [-0.15, -0.1) is 10.2 Å². The molecular formula is C16H20N6O2. The van der Waals surface area contributed by atoms with Crippen LogP contribution in [0.3, 0.4) is 0 Å². The van der Waals surface area contributed by atoms with Crippen LogP contribution in [0.1, 0.15) is 43.1 Å². The van der Waals surface area contributed by atoms with E-state index in [1.165, 1.54) is 0 Å². The number of hydrogen-bond donors (Lipinski definition) is 2. The van der Waals surface area contributed by atoms with Crippen LogP contribution >= 0.6 is 0 Å².